The Balaban J connectivity index is 1.89. The lowest BCUT2D eigenvalue weighted by atomic mass is 9.87. The Hall–Kier alpha value is -1.75. The van der Waals surface area contributed by atoms with Crippen molar-refractivity contribution in [2.75, 3.05) is 16.8 Å². The molecule has 0 aliphatic carbocycles. The van der Waals surface area contributed by atoms with Crippen LogP contribution in [0.1, 0.15) is 55.6 Å². The maximum absolute atomic E-state index is 14.0. The third-order valence-corrected chi connectivity index (χ3v) is 5.69. The Morgan fingerprint density at radius 2 is 1.78 bits per heavy atom. The summed E-state index contributed by atoms with van der Waals surface area (Å²) < 4.78 is 27.3. The van der Waals surface area contributed by atoms with Crippen LogP contribution in [0.4, 0.5) is 14.5 Å². The van der Waals surface area contributed by atoms with Gasteiger partial charge in [0.15, 0.2) is 0 Å². The molecule has 1 aliphatic heterocycles. The first-order valence-corrected chi connectivity index (χ1v) is 10.6. The predicted octanol–water partition coefficient (Wildman–Crippen LogP) is 6.18. The Morgan fingerprint density at radius 1 is 1.04 bits per heavy atom. The number of nitrogens with zero attached hydrogens (tertiary/aromatic N) is 1. The number of amides is 1. The second-order valence-corrected chi connectivity index (χ2v) is 7.79. The number of alkyl halides is 1. The molecule has 1 amide bonds. The first kappa shape index (κ1) is 20.0. The zero-order chi connectivity index (χ0) is 19.2. The van der Waals surface area contributed by atoms with Crippen LogP contribution in [0.2, 0.25) is 0 Å². The summed E-state index contributed by atoms with van der Waals surface area (Å²) >= 11 is 3.41. The molecule has 0 fully saturated rings. The number of hydrogen-bond donors (Lipinski definition) is 0. The summed E-state index contributed by atoms with van der Waals surface area (Å²) in [4.78, 5) is 14.6. The van der Waals surface area contributed by atoms with Crippen LogP contribution >= 0.6 is 15.9 Å². The molecule has 0 N–H and O–H groups in total. The van der Waals surface area contributed by atoms with E-state index in [1.807, 2.05) is 0 Å². The molecule has 2 aromatic rings. The summed E-state index contributed by atoms with van der Waals surface area (Å²) in [6.07, 6.45) is 5.03. The van der Waals surface area contributed by atoms with Crippen molar-refractivity contribution in [3.8, 4) is 0 Å². The van der Waals surface area contributed by atoms with Gasteiger partial charge in [-0.25, -0.2) is 8.78 Å². The first-order chi connectivity index (χ1) is 13.1. The minimum absolute atomic E-state index is 0.0346. The van der Waals surface area contributed by atoms with Crippen LogP contribution in [0.25, 0.3) is 0 Å². The largest absolute Gasteiger partial charge is 0.312 e. The third-order valence-electron chi connectivity index (χ3n) is 5.13. The Kier molecular flexibility index (Phi) is 7.00. The van der Waals surface area contributed by atoms with Crippen molar-refractivity contribution < 1.29 is 13.6 Å². The lowest BCUT2D eigenvalue weighted by molar-refractivity contribution is -0.118. The highest BCUT2D eigenvalue weighted by atomic mass is 79.9. The van der Waals surface area contributed by atoms with E-state index >= 15 is 0 Å². The molecule has 144 valence electrons. The smallest absolute Gasteiger partial charge is 0.226 e. The van der Waals surface area contributed by atoms with E-state index in [2.05, 4.69) is 15.9 Å². The highest BCUT2D eigenvalue weighted by molar-refractivity contribution is 9.09. The molecule has 0 spiro atoms. The molecule has 1 aliphatic rings. The Bertz CT molecular complexity index is 778. The van der Waals surface area contributed by atoms with Gasteiger partial charge in [0.1, 0.15) is 11.6 Å². The number of benzene rings is 2. The molecule has 3 rings (SSSR count). The second-order valence-electron chi connectivity index (χ2n) is 6.99. The molecular weight excluding hydrogens is 412 g/mol. The van der Waals surface area contributed by atoms with Crippen molar-refractivity contribution in [1.82, 2.24) is 0 Å². The van der Waals surface area contributed by atoms with E-state index in [0.29, 0.717) is 18.7 Å². The molecule has 27 heavy (non-hydrogen) atoms. The monoisotopic (exact) mass is 435 g/mol. The topological polar surface area (TPSA) is 20.3 Å². The van der Waals surface area contributed by atoms with Crippen LogP contribution in [0.3, 0.4) is 0 Å². The fourth-order valence-corrected chi connectivity index (χ4v) is 4.15. The van der Waals surface area contributed by atoms with Gasteiger partial charge in [-0.2, -0.15) is 0 Å². The number of unbranched alkanes of at least 4 members (excludes halogenated alkanes) is 2. The van der Waals surface area contributed by atoms with E-state index in [0.717, 1.165) is 48.6 Å². The normalized spacial score (nSPS) is 16.7. The van der Waals surface area contributed by atoms with Gasteiger partial charge >= 0.3 is 0 Å². The van der Waals surface area contributed by atoms with Gasteiger partial charge in [-0.3, -0.25) is 4.79 Å². The molecule has 0 radical (unpaired) electrons. The molecule has 0 saturated carbocycles. The van der Waals surface area contributed by atoms with Crippen LogP contribution in [0, 0.1) is 11.6 Å². The summed E-state index contributed by atoms with van der Waals surface area (Å²) in [5.41, 5.74) is 2.59. The maximum atomic E-state index is 14.0. The second kappa shape index (κ2) is 9.45. The molecule has 0 bridgehead atoms. The van der Waals surface area contributed by atoms with Crippen molar-refractivity contribution in [3.05, 3.63) is 65.2 Å². The molecule has 1 unspecified atom stereocenters. The molecule has 2 nitrogen and oxygen atoms in total. The van der Waals surface area contributed by atoms with Crippen LogP contribution in [0.15, 0.2) is 42.5 Å². The van der Waals surface area contributed by atoms with Gasteiger partial charge in [-0.05, 0) is 61.1 Å². The molecule has 1 atom stereocenters. The van der Waals surface area contributed by atoms with Gasteiger partial charge in [-0.1, -0.05) is 40.5 Å². The molecule has 5 heteroatoms. The number of carbonyl (C=O) groups is 1. The van der Waals surface area contributed by atoms with Crippen molar-refractivity contribution in [1.29, 1.82) is 0 Å². The SMILES string of the molecule is O=C(CCCCCBr)N1CCCC(c2ccc(F)cc2)c2ccc(F)cc21. The summed E-state index contributed by atoms with van der Waals surface area (Å²) in [6.45, 7) is 0.589. The highest BCUT2D eigenvalue weighted by Gasteiger charge is 2.27. The first-order valence-electron chi connectivity index (χ1n) is 9.51. The minimum atomic E-state index is -0.342. The number of fused-ring (bicyclic) bond motifs is 1. The van der Waals surface area contributed by atoms with Crippen molar-refractivity contribution in [2.24, 2.45) is 0 Å². The highest BCUT2D eigenvalue weighted by Crippen LogP contribution is 2.39. The third kappa shape index (κ3) is 4.95. The van der Waals surface area contributed by atoms with Crippen molar-refractivity contribution >= 4 is 27.5 Å². The minimum Gasteiger partial charge on any atom is -0.312 e. The van der Waals surface area contributed by atoms with Gasteiger partial charge in [0.05, 0.1) is 5.69 Å². The summed E-state index contributed by atoms with van der Waals surface area (Å²) in [5, 5.41) is 0.943. The van der Waals surface area contributed by atoms with Crippen LogP contribution < -0.4 is 4.90 Å². The quantitative estimate of drug-likeness (QED) is 0.391. The van der Waals surface area contributed by atoms with Crippen LogP contribution in [0.5, 0.6) is 0 Å². The lowest BCUT2D eigenvalue weighted by Gasteiger charge is -2.24. The number of rotatable bonds is 6. The van der Waals surface area contributed by atoms with E-state index in [9.17, 15) is 13.6 Å². The van der Waals surface area contributed by atoms with E-state index in [-0.39, 0.29) is 23.5 Å². The van der Waals surface area contributed by atoms with Gasteiger partial charge < -0.3 is 4.90 Å². The Labute approximate surface area is 167 Å². The standard InChI is InChI=1S/C22H24BrF2NO/c23-13-3-1-2-6-22(27)26-14-4-5-19(16-7-9-17(24)10-8-16)20-12-11-18(25)15-21(20)26/h7-12,15,19H,1-6,13-14H2. The van der Waals surface area contributed by atoms with E-state index in [1.165, 1.54) is 24.3 Å². The number of halogens is 3. The van der Waals surface area contributed by atoms with Crippen LogP contribution in [-0.4, -0.2) is 17.8 Å². The van der Waals surface area contributed by atoms with Crippen molar-refractivity contribution in [2.45, 2.75) is 44.4 Å². The average molecular weight is 436 g/mol. The number of carbonyl (C=O) groups excluding carboxylic acids is 1. The molecule has 0 aromatic heterocycles. The molecule has 2 aromatic carbocycles. The Morgan fingerprint density at radius 3 is 2.52 bits per heavy atom. The van der Waals surface area contributed by atoms with E-state index < -0.39 is 0 Å². The summed E-state index contributed by atoms with van der Waals surface area (Å²) in [6, 6.07) is 11.2. The van der Waals surface area contributed by atoms with Crippen LogP contribution in [-0.2, 0) is 4.79 Å². The zero-order valence-electron chi connectivity index (χ0n) is 15.3. The lowest BCUT2D eigenvalue weighted by Crippen LogP contribution is -2.31. The summed E-state index contributed by atoms with van der Waals surface area (Å²) in [5.74, 6) is -0.527. The zero-order valence-corrected chi connectivity index (χ0v) is 16.9. The fourth-order valence-electron chi connectivity index (χ4n) is 3.76. The van der Waals surface area contributed by atoms with E-state index in [1.54, 1.807) is 23.1 Å². The van der Waals surface area contributed by atoms with Gasteiger partial charge in [-0.15, -0.1) is 0 Å². The van der Waals surface area contributed by atoms with E-state index in [4.69, 9.17) is 0 Å². The average Bonchev–Trinajstić information content (AvgIpc) is 2.85. The predicted molar refractivity (Wildman–Crippen MR) is 108 cm³/mol. The maximum Gasteiger partial charge on any atom is 0.226 e. The number of hydrogen-bond acceptors (Lipinski definition) is 1. The number of anilines is 1. The van der Waals surface area contributed by atoms with Gasteiger partial charge in [0.2, 0.25) is 5.91 Å². The van der Waals surface area contributed by atoms with Crippen molar-refractivity contribution in [3.63, 3.8) is 0 Å². The fraction of sp³-hybridized carbons (Fsp3) is 0.409. The van der Waals surface area contributed by atoms with Gasteiger partial charge in [0.25, 0.3) is 0 Å². The summed E-state index contributed by atoms with van der Waals surface area (Å²) in [7, 11) is 0. The molecular formula is C22H24BrF2NO. The molecule has 0 saturated heterocycles. The molecule has 1 heterocycles. The van der Waals surface area contributed by atoms with Gasteiger partial charge in [0, 0.05) is 24.2 Å².